The molecule has 4 N–H and O–H groups in total. The van der Waals surface area contributed by atoms with Gasteiger partial charge in [0.2, 0.25) is 5.95 Å². The van der Waals surface area contributed by atoms with Crippen LogP contribution in [0.1, 0.15) is 28.5 Å². The molecule has 4 rings (SSSR count). The Balaban J connectivity index is 1.66. The van der Waals surface area contributed by atoms with E-state index in [2.05, 4.69) is 37.6 Å². The van der Waals surface area contributed by atoms with Crippen molar-refractivity contribution in [2.45, 2.75) is 19.9 Å². The molecule has 32 heavy (non-hydrogen) atoms. The first-order valence-electron chi connectivity index (χ1n) is 10.2. The van der Waals surface area contributed by atoms with Crippen molar-refractivity contribution in [2.75, 3.05) is 30.8 Å². The largest absolute Gasteiger partial charge is 0.495 e. The van der Waals surface area contributed by atoms with Gasteiger partial charge in [0.15, 0.2) is 11.5 Å². The van der Waals surface area contributed by atoms with Crippen LogP contribution in [0, 0.1) is 0 Å². The predicted octanol–water partition coefficient (Wildman–Crippen LogP) is 3.50. The van der Waals surface area contributed by atoms with E-state index in [9.17, 15) is 4.79 Å². The second-order valence-electron chi connectivity index (χ2n) is 7.40. The quantitative estimate of drug-likeness (QED) is 0.497. The number of rotatable bonds is 7. The zero-order valence-corrected chi connectivity index (χ0v) is 18.6. The van der Waals surface area contributed by atoms with Crippen LogP contribution < -0.4 is 21.1 Å². The van der Waals surface area contributed by atoms with Crippen LogP contribution in [-0.4, -0.2) is 46.2 Å². The number of hydrogen-bond acceptors (Lipinski definition) is 8. The molecule has 9 nitrogen and oxygen atoms in total. The van der Waals surface area contributed by atoms with Gasteiger partial charge in [0.25, 0.3) is 5.91 Å². The molecular weight excluding hydrogens is 430 g/mol. The lowest BCUT2D eigenvalue weighted by Gasteiger charge is -2.28. The number of carbonyl (C=O) groups excluding carboxylic acids is 1. The molecule has 3 aromatic rings. The molecule has 0 bridgehead atoms. The number of nitrogens with one attached hydrogen (secondary N) is 2. The van der Waals surface area contributed by atoms with Crippen LogP contribution in [0.15, 0.2) is 36.4 Å². The van der Waals surface area contributed by atoms with E-state index in [1.165, 1.54) is 11.1 Å². The average Bonchev–Trinajstić information content (AvgIpc) is 2.78. The van der Waals surface area contributed by atoms with E-state index in [1.54, 1.807) is 31.4 Å². The Kier molecular flexibility index (Phi) is 6.38. The van der Waals surface area contributed by atoms with Crippen LogP contribution in [0.5, 0.6) is 5.75 Å². The Labute approximate surface area is 190 Å². The van der Waals surface area contributed by atoms with Gasteiger partial charge in [0.1, 0.15) is 5.75 Å². The summed E-state index contributed by atoms with van der Waals surface area (Å²) in [6.45, 7) is 5.04. The van der Waals surface area contributed by atoms with Crippen LogP contribution in [0.2, 0.25) is 5.02 Å². The van der Waals surface area contributed by atoms with E-state index < -0.39 is 5.91 Å². The van der Waals surface area contributed by atoms with Gasteiger partial charge >= 0.3 is 0 Å². The van der Waals surface area contributed by atoms with E-state index >= 15 is 0 Å². The van der Waals surface area contributed by atoms with E-state index in [4.69, 9.17) is 22.1 Å². The van der Waals surface area contributed by atoms with Crippen molar-refractivity contribution in [3.63, 3.8) is 0 Å². The first-order valence-corrected chi connectivity index (χ1v) is 10.6. The number of primary amides is 1. The number of anilines is 4. The molecule has 1 aromatic heterocycles. The standard InChI is InChI=1S/C22H24ClN7O2/c1-3-30-8-7-13-10-18(32-2)17(9-14(13)12-30)26-22-27-21(19(20(24)31)28-29-22)25-16-6-4-5-15(23)11-16/h4-6,9-11H,3,7-8,12H2,1-2H3,(H2,24,31)(H2,25,26,27,29). The molecule has 1 aliphatic rings. The highest BCUT2D eigenvalue weighted by molar-refractivity contribution is 6.30. The summed E-state index contributed by atoms with van der Waals surface area (Å²) in [6.07, 6.45) is 0.971. The van der Waals surface area contributed by atoms with Crippen molar-refractivity contribution in [3.05, 3.63) is 58.2 Å². The van der Waals surface area contributed by atoms with Crippen molar-refractivity contribution in [2.24, 2.45) is 5.73 Å². The summed E-state index contributed by atoms with van der Waals surface area (Å²) in [5.41, 5.74) is 9.22. The topological polar surface area (TPSA) is 118 Å². The molecule has 0 radical (unpaired) electrons. The van der Waals surface area contributed by atoms with Crippen LogP contribution in [0.25, 0.3) is 0 Å². The number of nitrogens with two attached hydrogens (primary N) is 1. The minimum absolute atomic E-state index is 0.0773. The monoisotopic (exact) mass is 453 g/mol. The van der Waals surface area contributed by atoms with Gasteiger partial charge in [-0.2, -0.15) is 4.98 Å². The number of ether oxygens (including phenoxy) is 1. The lowest BCUT2D eigenvalue weighted by molar-refractivity contribution is 0.0995. The summed E-state index contributed by atoms with van der Waals surface area (Å²) in [6, 6.07) is 11.1. The maximum absolute atomic E-state index is 11.8. The molecule has 2 heterocycles. The average molecular weight is 454 g/mol. The number of amides is 1. The molecule has 10 heteroatoms. The number of nitrogens with zero attached hydrogens (tertiary/aromatic N) is 4. The van der Waals surface area contributed by atoms with Crippen LogP contribution in [0.3, 0.4) is 0 Å². The molecule has 0 saturated carbocycles. The lowest BCUT2D eigenvalue weighted by Crippen LogP contribution is -2.30. The second kappa shape index (κ2) is 9.37. The van der Waals surface area contributed by atoms with Gasteiger partial charge in [-0.25, -0.2) is 0 Å². The third kappa shape index (κ3) is 4.74. The first-order chi connectivity index (χ1) is 15.5. The Bertz CT molecular complexity index is 1160. The normalized spacial score (nSPS) is 13.3. The lowest BCUT2D eigenvalue weighted by atomic mass is 9.98. The minimum Gasteiger partial charge on any atom is -0.495 e. The maximum Gasteiger partial charge on any atom is 0.273 e. The molecule has 0 unspecified atom stereocenters. The second-order valence-corrected chi connectivity index (χ2v) is 7.83. The molecule has 0 spiro atoms. The summed E-state index contributed by atoms with van der Waals surface area (Å²) in [7, 11) is 1.62. The molecule has 0 fully saturated rings. The fourth-order valence-electron chi connectivity index (χ4n) is 3.64. The number of halogens is 1. The Hall–Kier alpha value is -3.43. The number of benzene rings is 2. The Morgan fingerprint density at radius 2 is 2.06 bits per heavy atom. The fraction of sp³-hybridized carbons (Fsp3) is 0.273. The SMILES string of the molecule is CCN1CCc2cc(OC)c(Nc3nnc(C(N)=O)c(Nc4cccc(Cl)c4)n3)cc2C1. The highest BCUT2D eigenvalue weighted by Crippen LogP contribution is 2.33. The number of aromatic nitrogens is 3. The third-order valence-electron chi connectivity index (χ3n) is 5.31. The van der Waals surface area contributed by atoms with Crippen LogP contribution in [0.4, 0.5) is 23.1 Å². The Morgan fingerprint density at radius 3 is 2.78 bits per heavy atom. The molecule has 0 aliphatic carbocycles. The molecule has 2 aromatic carbocycles. The van der Waals surface area contributed by atoms with Gasteiger partial charge in [-0.05, 0) is 54.4 Å². The van der Waals surface area contributed by atoms with Crippen LogP contribution in [-0.2, 0) is 13.0 Å². The zero-order valence-electron chi connectivity index (χ0n) is 17.9. The number of fused-ring (bicyclic) bond motifs is 1. The number of carbonyl (C=O) groups is 1. The highest BCUT2D eigenvalue weighted by Gasteiger charge is 2.20. The molecule has 1 aliphatic heterocycles. The molecular formula is C22H24ClN7O2. The van der Waals surface area contributed by atoms with Crippen molar-refractivity contribution in [3.8, 4) is 5.75 Å². The maximum atomic E-state index is 11.8. The number of likely N-dealkylation sites (N-methyl/N-ethyl adjacent to an activating group) is 1. The van der Waals surface area contributed by atoms with E-state index in [0.717, 1.165) is 26.1 Å². The number of methoxy groups -OCH3 is 1. The van der Waals surface area contributed by atoms with Gasteiger partial charge in [-0.3, -0.25) is 9.69 Å². The van der Waals surface area contributed by atoms with Gasteiger partial charge < -0.3 is 21.1 Å². The summed E-state index contributed by atoms with van der Waals surface area (Å²) < 4.78 is 5.58. The predicted molar refractivity (Wildman–Crippen MR) is 124 cm³/mol. The molecule has 0 atom stereocenters. The van der Waals surface area contributed by atoms with Crippen molar-refractivity contribution in [1.29, 1.82) is 0 Å². The smallest absolute Gasteiger partial charge is 0.273 e. The van der Waals surface area contributed by atoms with E-state index in [-0.39, 0.29) is 17.5 Å². The molecule has 166 valence electrons. The van der Waals surface area contributed by atoms with Crippen molar-refractivity contribution in [1.82, 2.24) is 20.1 Å². The number of hydrogen-bond donors (Lipinski definition) is 3. The van der Waals surface area contributed by atoms with Gasteiger partial charge in [0, 0.05) is 23.8 Å². The summed E-state index contributed by atoms with van der Waals surface area (Å²) in [5, 5.41) is 14.7. The molecule has 0 saturated heterocycles. The summed E-state index contributed by atoms with van der Waals surface area (Å²) in [5.74, 6) is 0.306. The van der Waals surface area contributed by atoms with Crippen molar-refractivity contribution < 1.29 is 9.53 Å². The summed E-state index contributed by atoms with van der Waals surface area (Å²) >= 11 is 6.05. The van der Waals surface area contributed by atoms with Crippen LogP contribution >= 0.6 is 11.6 Å². The fourth-order valence-corrected chi connectivity index (χ4v) is 3.83. The van der Waals surface area contributed by atoms with E-state index in [1.807, 2.05) is 12.1 Å². The van der Waals surface area contributed by atoms with Gasteiger partial charge in [-0.15, -0.1) is 10.2 Å². The van der Waals surface area contributed by atoms with Gasteiger partial charge in [0.05, 0.1) is 12.8 Å². The summed E-state index contributed by atoms with van der Waals surface area (Å²) in [4.78, 5) is 18.6. The first kappa shape index (κ1) is 21.8. The van der Waals surface area contributed by atoms with Crippen molar-refractivity contribution >= 4 is 40.6 Å². The molecule has 1 amide bonds. The van der Waals surface area contributed by atoms with Gasteiger partial charge in [-0.1, -0.05) is 24.6 Å². The Morgan fingerprint density at radius 1 is 1.22 bits per heavy atom. The highest BCUT2D eigenvalue weighted by atomic mass is 35.5. The third-order valence-corrected chi connectivity index (χ3v) is 5.55. The zero-order chi connectivity index (χ0) is 22.7. The van der Waals surface area contributed by atoms with E-state index in [0.29, 0.717) is 22.1 Å². The minimum atomic E-state index is -0.743.